The zero-order valence-electron chi connectivity index (χ0n) is 15.7. The number of aromatic nitrogens is 3. The zero-order chi connectivity index (χ0) is 19.5. The Kier molecular flexibility index (Phi) is 5.55. The minimum absolute atomic E-state index is 0.584. The van der Waals surface area contributed by atoms with Gasteiger partial charge >= 0.3 is 0 Å². The molecular weight excluding hydrogens is 390 g/mol. The van der Waals surface area contributed by atoms with Crippen molar-refractivity contribution in [3.63, 3.8) is 0 Å². The van der Waals surface area contributed by atoms with E-state index in [2.05, 4.69) is 42.2 Å². The Bertz CT molecular complexity index is 1130. The summed E-state index contributed by atoms with van der Waals surface area (Å²) in [6.45, 7) is 4.66. The van der Waals surface area contributed by atoms with Crippen molar-refractivity contribution >= 4 is 28.9 Å². The number of ether oxygens (including phenoxy) is 1. The molecule has 2 aromatic heterocycles. The maximum Gasteiger partial charge on any atom is 0.137 e. The molecule has 0 aliphatic heterocycles. The van der Waals surface area contributed by atoms with Crippen molar-refractivity contribution in [3.05, 3.63) is 77.1 Å². The summed E-state index contributed by atoms with van der Waals surface area (Å²) >= 11 is 8.06. The monoisotopic (exact) mass is 409 g/mol. The van der Waals surface area contributed by atoms with Crippen LogP contribution < -0.4 is 4.74 Å². The molecule has 4 aromatic rings. The smallest absolute Gasteiger partial charge is 0.137 e. The van der Waals surface area contributed by atoms with Gasteiger partial charge in [-0.1, -0.05) is 47.6 Å². The molecule has 28 heavy (non-hydrogen) atoms. The van der Waals surface area contributed by atoms with Crippen LogP contribution in [-0.4, -0.2) is 21.2 Å². The first-order valence-electron chi connectivity index (χ1n) is 9.10. The Morgan fingerprint density at radius 2 is 2.00 bits per heavy atom. The minimum Gasteiger partial charge on any atom is -0.492 e. The van der Waals surface area contributed by atoms with Crippen molar-refractivity contribution < 1.29 is 4.74 Å². The third-order valence-corrected chi connectivity index (χ3v) is 5.85. The zero-order valence-corrected chi connectivity index (χ0v) is 17.3. The summed E-state index contributed by atoms with van der Waals surface area (Å²) in [5, 5.41) is 6.24. The van der Waals surface area contributed by atoms with E-state index in [9.17, 15) is 0 Å². The van der Waals surface area contributed by atoms with Gasteiger partial charge in [0, 0.05) is 23.7 Å². The fraction of sp³-hybridized carbons (Fsp3) is 0.182. The molecular formula is C22H20ClN3OS. The van der Waals surface area contributed by atoms with Crippen molar-refractivity contribution in [2.45, 2.75) is 24.6 Å². The highest BCUT2D eigenvalue weighted by Crippen LogP contribution is 2.32. The molecule has 0 spiro atoms. The molecule has 0 saturated carbocycles. The molecule has 0 N–H and O–H groups in total. The number of hydrogen-bond acceptors (Lipinski definition) is 4. The first-order chi connectivity index (χ1) is 13.7. The second-order valence-electron chi connectivity index (χ2n) is 6.39. The van der Waals surface area contributed by atoms with Gasteiger partial charge in [-0.25, -0.2) is 9.50 Å². The Labute approximate surface area is 173 Å². The van der Waals surface area contributed by atoms with Crippen molar-refractivity contribution in [1.82, 2.24) is 14.6 Å². The largest absolute Gasteiger partial charge is 0.492 e. The fourth-order valence-electron chi connectivity index (χ4n) is 3.00. The van der Waals surface area contributed by atoms with Gasteiger partial charge in [-0.3, -0.25) is 0 Å². The number of hydrogen-bond donors (Lipinski definition) is 0. The third-order valence-electron chi connectivity index (χ3n) is 4.51. The number of aryl methyl sites for hydroxylation is 1. The maximum atomic E-state index is 6.34. The first kappa shape index (κ1) is 18.8. The van der Waals surface area contributed by atoms with E-state index in [1.807, 2.05) is 35.8 Å². The SMILES string of the molecule is CCOc1ccc(-c2cc3c(SCc4ccccc4C)nccn3n2)cc1Cl. The van der Waals surface area contributed by atoms with Gasteiger partial charge in [0.1, 0.15) is 10.8 Å². The van der Waals surface area contributed by atoms with Crippen LogP contribution >= 0.6 is 23.4 Å². The van der Waals surface area contributed by atoms with Crippen molar-refractivity contribution in [3.8, 4) is 17.0 Å². The normalized spacial score (nSPS) is 11.1. The van der Waals surface area contributed by atoms with Gasteiger partial charge in [0.2, 0.25) is 0 Å². The van der Waals surface area contributed by atoms with Crippen LogP contribution in [0.3, 0.4) is 0 Å². The molecule has 142 valence electrons. The topological polar surface area (TPSA) is 39.4 Å². The van der Waals surface area contributed by atoms with Crippen LogP contribution in [0.15, 0.2) is 66.0 Å². The molecule has 2 aromatic carbocycles. The van der Waals surface area contributed by atoms with E-state index < -0.39 is 0 Å². The van der Waals surface area contributed by atoms with Crippen LogP contribution in [0.1, 0.15) is 18.1 Å². The molecule has 0 bridgehead atoms. The predicted molar refractivity (Wildman–Crippen MR) is 115 cm³/mol. The molecule has 0 atom stereocenters. The number of halogens is 1. The molecule has 6 heteroatoms. The summed E-state index contributed by atoms with van der Waals surface area (Å²) in [5.41, 5.74) is 5.40. The Balaban J connectivity index is 1.64. The fourth-order valence-corrected chi connectivity index (χ4v) is 4.29. The summed E-state index contributed by atoms with van der Waals surface area (Å²) in [6, 6.07) is 16.2. The maximum absolute atomic E-state index is 6.34. The summed E-state index contributed by atoms with van der Waals surface area (Å²) in [7, 11) is 0. The molecule has 0 fully saturated rings. The lowest BCUT2D eigenvalue weighted by Gasteiger charge is -2.06. The van der Waals surface area contributed by atoms with E-state index >= 15 is 0 Å². The van der Waals surface area contributed by atoms with Gasteiger partial charge in [0.05, 0.1) is 22.8 Å². The molecule has 4 rings (SSSR count). The predicted octanol–water partition coefficient (Wildman–Crippen LogP) is 6.05. The van der Waals surface area contributed by atoms with E-state index in [0.29, 0.717) is 17.4 Å². The molecule has 0 unspecified atom stereocenters. The lowest BCUT2D eigenvalue weighted by Crippen LogP contribution is -1.93. The van der Waals surface area contributed by atoms with Gasteiger partial charge in [-0.05, 0) is 49.2 Å². The Morgan fingerprint density at radius 1 is 1.14 bits per heavy atom. The summed E-state index contributed by atoms with van der Waals surface area (Å²) in [4.78, 5) is 4.57. The molecule has 0 radical (unpaired) electrons. The summed E-state index contributed by atoms with van der Waals surface area (Å²) in [6.07, 6.45) is 3.65. The molecule has 0 amide bonds. The third kappa shape index (κ3) is 3.86. The van der Waals surface area contributed by atoms with E-state index in [1.165, 1.54) is 11.1 Å². The minimum atomic E-state index is 0.584. The standard InChI is InChI=1S/C22H20ClN3OS/c1-3-27-21-9-8-16(12-18(21)23)19-13-20-22(24-10-11-26(20)25-19)28-14-17-7-5-4-6-15(17)2/h4-13H,3,14H2,1-2H3. The van der Waals surface area contributed by atoms with E-state index in [-0.39, 0.29) is 0 Å². The lowest BCUT2D eigenvalue weighted by molar-refractivity contribution is 0.340. The van der Waals surface area contributed by atoms with Crippen LogP contribution in [0.5, 0.6) is 5.75 Å². The van der Waals surface area contributed by atoms with Gasteiger partial charge in [-0.15, -0.1) is 0 Å². The van der Waals surface area contributed by atoms with Gasteiger partial charge < -0.3 is 4.74 Å². The van der Waals surface area contributed by atoms with E-state index in [1.54, 1.807) is 18.0 Å². The number of thioether (sulfide) groups is 1. The molecule has 0 aliphatic rings. The second kappa shape index (κ2) is 8.25. The number of fused-ring (bicyclic) bond motifs is 1. The van der Waals surface area contributed by atoms with Crippen LogP contribution in [0.2, 0.25) is 5.02 Å². The lowest BCUT2D eigenvalue weighted by atomic mass is 10.1. The number of rotatable bonds is 6. The van der Waals surface area contributed by atoms with Crippen molar-refractivity contribution in [1.29, 1.82) is 0 Å². The van der Waals surface area contributed by atoms with Crippen LogP contribution in [0.4, 0.5) is 0 Å². The molecule has 0 saturated heterocycles. The van der Waals surface area contributed by atoms with Gasteiger partial charge in [0.15, 0.2) is 0 Å². The number of benzene rings is 2. The molecule has 4 nitrogen and oxygen atoms in total. The average Bonchev–Trinajstić information content (AvgIpc) is 3.14. The first-order valence-corrected chi connectivity index (χ1v) is 10.5. The number of nitrogens with zero attached hydrogens (tertiary/aromatic N) is 3. The molecule has 2 heterocycles. The van der Waals surface area contributed by atoms with Crippen molar-refractivity contribution in [2.24, 2.45) is 0 Å². The van der Waals surface area contributed by atoms with E-state index in [0.717, 1.165) is 27.6 Å². The average molecular weight is 410 g/mol. The second-order valence-corrected chi connectivity index (χ2v) is 7.76. The Morgan fingerprint density at radius 3 is 2.79 bits per heavy atom. The quantitative estimate of drug-likeness (QED) is 0.363. The highest BCUT2D eigenvalue weighted by molar-refractivity contribution is 7.98. The summed E-state index contributed by atoms with van der Waals surface area (Å²) < 4.78 is 7.39. The van der Waals surface area contributed by atoms with Crippen molar-refractivity contribution in [2.75, 3.05) is 6.61 Å². The summed E-state index contributed by atoms with van der Waals surface area (Å²) in [5.74, 6) is 1.56. The van der Waals surface area contributed by atoms with Gasteiger partial charge in [-0.2, -0.15) is 5.10 Å². The van der Waals surface area contributed by atoms with Gasteiger partial charge in [0.25, 0.3) is 0 Å². The van der Waals surface area contributed by atoms with E-state index in [4.69, 9.17) is 21.4 Å². The highest BCUT2D eigenvalue weighted by atomic mass is 35.5. The highest BCUT2D eigenvalue weighted by Gasteiger charge is 2.12. The molecule has 0 aliphatic carbocycles. The van der Waals surface area contributed by atoms with Crippen LogP contribution in [-0.2, 0) is 5.75 Å². The van der Waals surface area contributed by atoms with Crippen LogP contribution in [0.25, 0.3) is 16.8 Å². The Hall–Kier alpha value is -2.50. The van der Waals surface area contributed by atoms with Crippen LogP contribution in [0, 0.1) is 6.92 Å².